The van der Waals surface area contributed by atoms with Crippen LogP contribution in [0.15, 0.2) is 11.6 Å². The number of rotatable bonds is 4. The predicted molar refractivity (Wildman–Crippen MR) is 48.5 cm³/mol. The van der Waals surface area contributed by atoms with Crippen LogP contribution in [0, 0.1) is 0 Å². The number of aliphatic hydroxyl groups is 1. The smallest absolute Gasteiger partial charge is 0.0695 e. The standard InChI is InChI=1S/C8H15BrO/c1-7(4-3-5-9)6-8(2)10/h6,8,10H,3-5H2,1-2H3/b7-6+. The van der Waals surface area contributed by atoms with Crippen LogP contribution < -0.4 is 0 Å². The Labute approximate surface area is 71.3 Å². The third kappa shape index (κ3) is 6.30. The van der Waals surface area contributed by atoms with E-state index < -0.39 is 0 Å². The van der Waals surface area contributed by atoms with Crippen LogP contribution in [0.25, 0.3) is 0 Å². The van der Waals surface area contributed by atoms with Crippen molar-refractivity contribution in [3.05, 3.63) is 11.6 Å². The van der Waals surface area contributed by atoms with E-state index in [-0.39, 0.29) is 6.10 Å². The van der Waals surface area contributed by atoms with Gasteiger partial charge in [-0.05, 0) is 26.7 Å². The molecule has 0 fully saturated rings. The maximum atomic E-state index is 8.93. The molecular formula is C8H15BrO. The van der Waals surface area contributed by atoms with Crippen molar-refractivity contribution in [3.8, 4) is 0 Å². The average Bonchev–Trinajstić information content (AvgIpc) is 1.82. The average molecular weight is 207 g/mol. The van der Waals surface area contributed by atoms with E-state index in [1.54, 1.807) is 6.92 Å². The van der Waals surface area contributed by atoms with Crippen LogP contribution >= 0.6 is 15.9 Å². The van der Waals surface area contributed by atoms with Crippen molar-refractivity contribution in [1.29, 1.82) is 0 Å². The van der Waals surface area contributed by atoms with E-state index in [0.29, 0.717) is 0 Å². The zero-order chi connectivity index (χ0) is 7.98. The third-order valence-electron chi connectivity index (χ3n) is 1.23. The number of hydrogen-bond acceptors (Lipinski definition) is 1. The second kappa shape index (κ2) is 5.93. The van der Waals surface area contributed by atoms with E-state index in [9.17, 15) is 0 Å². The van der Waals surface area contributed by atoms with E-state index in [1.165, 1.54) is 5.57 Å². The first-order valence-electron chi connectivity index (χ1n) is 3.58. The van der Waals surface area contributed by atoms with Crippen molar-refractivity contribution >= 4 is 15.9 Å². The summed E-state index contributed by atoms with van der Waals surface area (Å²) in [6, 6.07) is 0. The minimum Gasteiger partial charge on any atom is -0.389 e. The molecule has 1 nitrogen and oxygen atoms in total. The van der Waals surface area contributed by atoms with Crippen molar-refractivity contribution in [2.45, 2.75) is 32.8 Å². The lowest BCUT2D eigenvalue weighted by Gasteiger charge is -2.00. The maximum absolute atomic E-state index is 8.93. The molecule has 0 spiro atoms. The topological polar surface area (TPSA) is 20.2 Å². The summed E-state index contributed by atoms with van der Waals surface area (Å²) in [5.41, 5.74) is 1.27. The molecule has 0 aromatic rings. The summed E-state index contributed by atoms with van der Waals surface area (Å²) in [6.07, 6.45) is 3.82. The van der Waals surface area contributed by atoms with Gasteiger partial charge in [-0.2, -0.15) is 0 Å². The monoisotopic (exact) mass is 206 g/mol. The van der Waals surface area contributed by atoms with Gasteiger partial charge in [0, 0.05) is 5.33 Å². The highest BCUT2D eigenvalue weighted by Gasteiger charge is 1.92. The fourth-order valence-corrected chi connectivity index (χ4v) is 1.12. The van der Waals surface area contributed by atoms with E-state index in [0.717, 1.165) is 18.2 Å². The number of halogens is 1. The molecule has 1 atom stereocenters. The summed E-state index contributed by atoms with van der Waals surface area (Å²) in [7, 11) is 0. The molecule has 0 heterocycles. The molecule has 0 rings (SSSR count). The van der Waals surface area contributed by atoms with Crippen LogP contribution in [-0.2, 0) is 0 Å². The van der Waals surface area contributed by atoms with E-state index in [4.69, 9.17) is 5.11 Å². The van der Waals surface area contributed by atoms with Gasteiger partial charge in [0.2, 0.25) is 0 Å². The number of hydrogen-bond donors (Lipinski definition) is 1. The van der Waals surface area contributed by atoms with Crippen LogP contribution in [0.2, 0.25) is 0 Å². The van der Waals surface area contributed by atoms with Crippen molar-refractivity contribution in [2.24, 2.45) is 0 Å². The van der Waals surface area contributed by atoms with Gasteiger partial charge in [0.1, 0.15) is 0 Å². The Morgan fingerprint density at radius 1 is 1.70 bits per heavy atom. The highest BCUT2D eigenvalue weighted by Crippen LogP contribution is 2.06. The van der Waals surface area contributed by atoms with Gasteiger partial charge < -0.3 is 5.11 Å². The molecule has 0 aliphatic rings. The van der Waals surface area contributed by atoms with Crippen LogP contribution in [0.3, 0.4) is 0 Å². The Kier molecular flexibility index (Phi) is 6.03. The minimum atomic E-state index is -0.296. The molecule has 0 aliphatic carbocycles. The quantitative estimate of drug-likeness (QED) is 0.554. The first-order chi connectivity index (χ1) is 4.66. The zero-order valence-electron chi connectivity index (χ0n) is 6.60. The Bertz CT molecular complexity index is 108. The van der Waals surface area contributed by atoms with Gasteiger partial charge >= 0.3 is 0 Å². The molecule has 0 radical (unpaired) electrons. The van der Waals surface area contributed by atoms with Crippen LogP contribution in [0.4, 0.5) is 0 Å². The lowest BCUT2D eigenvalue weighted by Crippen LogP contribution is -1.94. The first kappa shape index (κ1) is 10.2. The highest BCUT2D eigenvalue weighted by atomic mass is 79.9. The molecule has 0 bridgehead atoms. The molecule has 0 saturated carbocycles. The van der Waals surface area contributed by atoms with Gasteiger partial charge in [0.25, 0.3) is 0 Å². The van der Waals surface area contributed by atoms with Crippen molar-refractivity contribution in [3.63, 3.8) is 0 Å². The fourth-order valence-electron chi connectivity index (χ4n) is 0.841. The Morgan fingerprint density at radius 3 is 2.70 bits per heavy atom. The van der Waals surface area contributed by atoms with Gasteiger partial charge in [0.15, 0.2) is 0 Å². The van der Waals surface area contributed by atoms with Gasteiger partial charge in [-0.1, -0.05) is 27.6 Å². The summed E-state index contributed by atoms with van der Waals surface area (Å²) < 4.78 is 0. The van der Waals surface area contributed by atoms with Crippen molar-refractivity contribution in [1.82, 2.24) is 0 Å². The van der Waals surface area contributed by atoms with Crippen LogP contribution in [0.1, 0.15) is 26.7 Å². The molecular weight excluding hydrogens is 192 g/mol. The normalized spacial score (nSPS) is 15.4. The SMILES string of the molecule is C/C(=C\C(C)O)CCCBr. The molecule has 1 unspecified atom stereocenters. The van der Waals surface area contributed by atoms with E-state index in [1.807, 2.05) is 6.08 Å². The second-order valence-electron chi connectivity index (χ2n) is 2.55. The molecule has 60 valence electrons. The minimum absolute atomic E-state index is 0.296. The molecule has 0 saturated heterocycles. The van der Waals surface area contributed by atoms with Crippen LogP contribution in [-0.4, -0.2) is 16.5 Å². The third-order valence-corrected chi connectivity index (χ3v) is 1.79. The van der Waals surface area contributed by atoms with E-state index in [2.05, 4.69) is 22.9 Å². The first-order valence-corrected chi connectivity index (χ1v) is 4.70. The Balaban J connectivity index is 3.49. The largest absolute Gasteiger partial charge is 0.389 e. The van der Waals surface area contributed by atoms with Crippen molar-refractivity contribution < 1.29 is 5.11 Å². The van der Waals surface area contributed by atoms with Gasteiger partial charge in [0.05, 0.1) is 6.10 Å². The summed E-state index contributed by atoms with van der Waals surface area (Å²) >= 11 is 3.35. The van der Waals surface area contributed by atoms with E-state index >= 15 is 0 Å². The molecule has 10 heavy (non-hydrogen) atoms. The summed E-state index contributed by atoms with van der Waals surface area (Å²) in [5, 5.41) is 9.97. The summed E-state index contributed by atoms with van der Waals surface area (Å²) in [6.45, 7) is 3.83. The molecule has 0 aromatic heterocycles. The Hall–Kier alpha value is 0.180. The number of alkyl halides is 1. The maximum Gasteiger partial charge on any atom is 0.0695 e. The second-order valence-corrected chi connectivity index (χ2v) is 3.34. The Morgan fingerprint density at radius 2 is 2.30 bits per heavy atom. The van der Waals surface area contributed by atoms with Crippen molar-refractivity contribution in [2.75, 3.05) is 5.33 Å². The summed E-state index contributed by atoms with van der Waals surface area (Å²) in [4.78, 5) is 0. The number of aliphatic hydroxyl groups excluding tert-OH is 1. The predicted octanol–water partition coefficient (Wildman–Crippen LogP) is 2.49. The van der Waals surface area contributed by atoms with Gasteiger partial charge in [-0.3, -0.25) is 0 Å². The molecule has 0 amide bonds. The summed E-state index contributed by atoms with van der Waals surface area (Å²) in [5.74, 6) is 0. The lowest BCUT2D eigenvalue weighted by molar-refractivity contribution is 0.243. The number of allylic oxidation sites excluding steroid dienone is 1. The zero-order valence-corrected chi connectivity index (χ0v) is 8.19. The molecule has 1 N–H and O–H groups in total. The van der Waals surface area contributed by atoms with Crippen LogP contribution in [0.5, 0.6) is 0 Å². The molecule has 0 aromatic carbocycles. The lowest BCUT2D eigenvalue weighted by atomic mass is 10.1. The highest BCUT2D eigenvalue weighted by molar-refractivity contribution is 9.09. The fraction of sp³-hybridized carbons (Fsp3) is 0.750. The molecule has 2 heteroatoms. The molecule has 0 aliphatic heterocycles. The van der Waals surface area contributed by atoms with Gasteiger partial charge in [-0.15, -0.1) is 0 Å². The van der Waals surface area contributed by atoms with Gasteiger partial charge in [-0.25, -0.2) is 0 Å².